The minimum atomic E-state index is -0.343. The Labute approximate surface area is 104 Å². The molecule has 1 aromatic rings. The fourth-order valence-electron chi connectivity index (χ4n) is 1.48. The standard InChI is InChI=1S/C12H15BrClF/c1-2-3-10(13)6-4-9-5-7-12(15)11(14)8-9/h5,7-8,10H,2-4,6H2,1H3. The summed E-state index contributed by atoms with van der Waals surface area (Å²) in [6.07, 6.45) is 4.36. The highest BCUT2D eigenvalue weighted by atomic mass is 79.9. The van der Waals surface area contributed by atoms with E-state index in [9.17, 15) is 4.39 Å². The zero-order chi connectivity index (χ0) is 11.3. The molecule has 1 rings (SSSR count). The molecule has 0 nitrogen and oxygen atoms in total. The Morgan fingerprint density at radius 1 is 1.40 bits per heavy atom. The fraction of sp³-hybridized carbons (Fsp3) is 0.500. The van der Waals surface area contributed by atoms with Crippen LogP contribution in [0.4, 0.5) is 4.39 Å². The predicted molar refractivity (Wildman–Crippen MR) is 67.4 cm³/mol. The van der Waals surface area contributed by atoms with Crippen LogP contribution in [0.1, 0.15) is 31.7 Å². The van der Waals surface area contributed by atoms with E-state index in [0.29, 0.717) is 4.83 Å². The summed E-state index contributed by atoms with van der Waals surface area (Å²) in [5.74, 6) is -0.343. The maximum atomic E-state index is 12.9. The molecule has 84 valence electrons. The second-order valence-electron chi connectivity index (χ2n) is 3.67. The maximum Gasteiger partial charge on any atom is 0.141 e. The normalized spacial score (nSPS) is 12.8. The largest absolute Gasteiger partial charge is 0.205 e. The lowest BCUT2D eigenvalue weighted by Crippen LogP contribution is -1.99. The second-order valence-corrected chi connectivity index (χ2v) is 5.38. The lowest BCUT2D eigenvalue weighted by Gasteiger charge is -2.08. The van der Waals surface area contributed by atoms with E-state index in [4.69, 9.17) is 11.6 Å². The van der Waals surface area contributed by atoms with E-state index in [0.717, 1.165) is 18.4 Å². The molecule has 1 atom stereocenters. The second kappa shape index (κ2) is 6.49. The molecule has 0 saturated carbocycles. The highest BCUT2D eigenvalue weighted by molar-refractivity contribution is 9.09. The van der Waals surface area contributed by atoms with Gasteiger partial charge in [-0.05, 0) is 37.0 Å². The van der Waals surface area contributed by atoms with Crippen LogP contribution in [0.2, 0.25) is 5.02 Å². The van der Waals surface area contributed by atoms with Gasteiger partial charge in [-0.2, -0.15) is 0 Å². The molecular weight excluding hydrogens is 278 g/mol. The van der Waals surface area contributed by atoms with Crippen LogP contribution >= 0.6 is 27.5 Å². The van der Waals surface area contributed by atoms with E-state index in [-0.39, 0.29) is 10.8 Å². The monoisotopic (exact) mass is 292 g/mol. The number of rotatable bonds is 5. The Morgan fingerprint density at radius 3 is 2.73 bits per heavy atom. The summed E-state index contributed by atoms with van der Waals surface area (Å²) in [6, 6.07) is 4.94. The molecule has 0 bridgehead atoms. The summed E-state index contributed by atoms with van der Waals surface area (Å²) in [5.41, 5.74) is 1.10. The van der Waals surface area contributed by atoms with Gasteiger partial charge in [0.15, 0.2) is 0 Å². The molecule has 0 aliphatic rings. The van der Waals surface area contributed by atoms with Crippen LogP contribution in [0, 0.1) is 5.82 Å². The highest BCUT2D eigenvalue weighted by Gasteiger charge is 2.05. The topological polar surface area (TPSA) is 0 Å². The van der Waals surface area contributed by atoms with Crippen LogP contribution < -0.4 is 0 Å². The van der Waals surface area contributed by atoms with Gasteiger partial charge < -0.3 is 0 Å². The first-order chi connectivity index (χ1) is 7.13. The van der Waals surface area contributed by atoms with Gasteiger partial charge in [0.25, 0.3) is 0 Å². The molecule has 0 saturated heterocycles. The van der Waals surface area contributed by atoms with E-state index < -0.39 is 0 Å². The van der Waals surface area contributed by atoms with E-state index in [1.165, 1.54) is 18.9 Å². The first kappa shape index (κ1) is 13.0. The zero-order valence-corrected chi connectivity index (χ0v) is 11.1. The smallest absolute Gasteiger partial charge is 0.141 e. The van der Waals surface area contributed by atoms with Crippen molar-refractivity contribution in [3.8, 4) is 0 Å². The third kappa shape index (κ3) is 4.52. The average molecular weight is 294 g/mol. The molecule has 3 heteroatoms. The van der Waals surface area contributed by atoms with Gasteiger partial charge in [-0.15, -0.1) is 0 Å². The van der Waals surface area contributed by atoms with Gasteiger partial charge in [-0.3, -0.25) is 0 Å². The molecule has 0 aliphatic heterocycles. The molecule has 15 heavy (non-hydrogen) atoms. The molecule has 0 amide bonds. The Morgan fingerprint density at radius 2 is 2.13 bits per heavy atom. The van der Waals surface area contributed by atoms with Crippen molar-refractivity contribution in [1.29, 1.82) is 0 Å². The lowest BCUT2D eigenvalue weighted by atomic mass is 10.1. The van der Waals surface area contributed by atoms with Gasteiger partial charge >= 0.3 is 0 Å². The van der Waals surface area contributed by atoms with E-state index in [1.54, 1.807) is 12.1 Å². The number of benzene rings is 1. The molecule has 0 aromatic heterocycles. The number of aryl methyl sites for hydroxylation is 1. The Bertz CT molecular complexity index is 314. The zero-order valence-electron chi connectivity index (χ0n) is 8.77. The van der Waals surface area contributed by atoms with Crippen LogP contribution in [0.3, 0.4) is 0 Å². The third-order valence-electron chi connectivity index (χ3n) is 2.33. The van der Waals surface area contributed by atoms with Crippen LogP contribution in [-0.2, 0) is 6.42 Å². The van der Waals surface area contributed by atoms with Gasteiger partial charge in [0.2, 0.25) is 0 Å². The Hall–Kier alpha value is -0.0800. The quantitative estimate of drug-likeness (QED) is 0.672. The lowest BCUT2D eigenvalue weighted by molar-refractivity contribution is 0.626. The van der Waals surface area contributed by atoms with Gasteiger partial charge in [0.1, 0.15) is 5.82 Å². The first-order valence-electron chi connectivity index (χ1n) is 5.21. The van der Waals surface area contributed by atoms with Crippen LogP contribution in [-0.4, -0.2) is 4.83 Å². The molecule has 0 N–H and O–H groups in total. The van der Waals surface area contributed by atoms with Gasteiger partial charge in [0, 0.05) is 4.83 Å². The minimum Gasteiger partial charge on any atom is -0.205 e. The third-order valence-corrected chi connectivity index (χ3v) is 3.54. The first-order valence-corrected chi connectivity index (χ1v) is 6.51. The van der Waals surface area contributed by atoms with Crippen molar-refractivity contribution in [3.05, 3.63) is 34.6 Å². The molecule has 0 radical (unpaired) electrons. The van der Waals surface area contributed by atoms with Crippen LogP contribution in [0.15, 0.2) is 18.2 Å². The van der Waals surface area contributed by atoms with Crippen LogP contribution in [0.5, 0.6) is 0 Å². The average Bonchev–Trinajstić information content (AvgIpc) is 2.20. The number of hydrogen-bond acceptors (Lipinski definition) is 0. The summed E-state index contributed by atoms with van der Waals surface area (Å²) in [4.78, 5) is 0.548. The summed E-state index contributed by atoms with van der Waals surface area (Å²) in [7, 11) is 0. The number of halogens is 3. The van der Waals surface area contributed by atoms with Crippen molar-refractivity contribution in [2.24, 2.45) is 0 Å². The number of hydrogen-bond donors (Lipinski definition) is 0. The van der Waals surface area contributed by atoms with E-state index in [1.807, 2.05) is 0 Å². The fourth-order valence-corrected chi connectivity index (χ4v) is 2.37. The summed E-state index contributed by atoms with van der Waals surface area (Å²) in [5, 5.41) is 0.217. The SMILES string of the molecule is CCCC(Br)CCc1ccc(F)c(Cl)c1. The molecule has 1 unspecified atom stereocenters. The van der Waals surface area contributed by atoms with Crippen molar-refractivity contribution in [1.82, 2.24) is 0 Å². The van der Waals surface area contributed by atoms with Gasteiger partial charge in [-0.25, -0.2) is 4.39 Å². The summed E-state index contributed by atoms with van der Waals surface area (Å²) < 4.78 is 12.9. The highest BCUT2D eigenvalue weighted by Crippen LogP contribution is 2.20. The molecular formula is C12H15BrClF. The van der Waals surface area contributed by atoms with Crippen molar-refractivity contribution >= 4 is 27.5 Å². The summed E-state index contributed by atoms with van der Waals surface area (Å²) in [6.45, 7) is 2.17. The van der Waals surface area contributed by atoms with E-state index >= 15 is 0 Å². The Kier molecular flexibility index (Phi) is 5.62. The van der Waals surface area contributed by atoms with Crippen molar-refractivity contribution in [2.45, 2.75) is 37.4 Å². The molecule has 0 aliphatic carbocycles. The molecule has 0 fully saturated rings. The van der Waals surface area contributed by atoms with E-state index in [2.05, 4.69) is 22.9 Å². The molecule has 1 aromatic carbocycles. The predicted octanol–water partition coefficient (Wildman–Crippen LogP) is 4.98. The maximum absolute atomic E-state index is 12.9. The van der Waals surface area contributed by atoms with Crippen molar-refractivity contribution in [2.75, 3.05) is 0 Å². The van der Waals surface area contributed by atoms with Gasteiger partial charge in [-0.1, -0.05) is 46.9 Å². The minimum absolute atomic E-state index is 0.217. The summed E-state index contributed by atoms with van der Waals surface area (Å²) >= 11 is 9.33. The van der Waals surface area contributed by atoms with Crippen molar-refractivity contribution in [3.63, 3.8) is 0 Å². The Balaban J connectivity index is 2.47. The molecule has 0 spiro atoms. The van der Waals surface area contributed by atoms with Crippen LogP contribution in [0.25, 0.3) is 0 Å². The van der Waals surface area contributed by atoms with Crippen molar-refractivity contribution < 1.29 is 4.39 Å². The molecule has 0 heterocycles. The number of alkyl halides is 1. The van der Waals surface area contributed by atoms with Gasteiger partial charge in [0.05, 0.1) is 5.02 Å².